The summed E-state index contributed by atoms with van der Waals surface area (Å²) in [6.07, 6.45) is 1.03. The van der Waals surface area contributed by atoms with Crippen LogP contribution in [0.3, 0.4) is 0 Å². The van der Waals surface area contributed by atoms with Gasteiger partial charge in [-0.05, 0) is 13.5 Å². The summed E-state index contributed by atoms with van der Waals surface area (Å²) in [6, 6.07) is 2.10. The highest BCUT2D eigenvalue weighted by Crippen LogP contribution is 2.18. The molecule has 2 unspecified atom stereocenters. The Labute approximate surface area is 67.2 Å². The smallest absolute Gasteiger partial charge is 0.0626 e. The van der Waals surface area contributed by atoms with E-state index in [1.165, 1.54) is 0 Å². The lowest BCUT2D eigenvalue weighted by atomic mass is 9.93. The van der Waals surface area contributed by atoms with Crippen LogP contribution in [0.4, 0.5) is 0 Å². The van der Waals surface area contributed by atoms with Crippen molar-refractivity contribution in [3.8, 4) is 6.07 Å². The molecule has 1 rings (SSSR count). The Bertz CT molecular complexity index is 164. The average Bonchev–Trinajstić information content (AvgIpc) is 1.98. The first-order valence-corrected chi connectivity index (χ1v) is 3.97. The van der Waals surface area contributed by atoms with Gasteiger partial charge in [0.25, 0.3) is 0 Å². The highest BCUT2D eigenvalue weighted by Gasteiger charge is 2.25. The third kappa shape index (κ3) is 2.18. The summed E-state index contributed by atoms with van der Waals surface area (Å²) in [5.41, 5.74) is 0. The van der Waals surface area contributed by atoms with Gasteiger partial charge in [-0.3, -0.25) is 0 Å². The van der Waals surface area contributed by atoms with Crippen LogP contribution in [0.1, 0.15) is 12.8 Å². The maximum atomic E-state index is 9.44. The number of rotatable bonds is 1. The van der Waals surface area contributed by atoms with E-state index < -0.39 is 0 Å². The number of aliphatic hydroxyl groups is 1. The van der Waals surface area contributed by atoms with Gasteiger partial charge in [-0.2, -0.15) is 5.26 Å². The molecule has 0 bridgehead atoms. The Kier molecular flexibility index (Phi) is 2.86. The molecule has 1 fully saturated rings. The SMILES string of the molecule is CN1CCC(O)C(CC#N)C1. The zero-order chi connectivity index (χ0) is 8.27. The highest BCUT2D eigenvalue weighted by molar-refractivity contribution is 4.85. The van der Waals surface area contributed by atoms with E-state index in [1.807, 2.05) is 7.05 Å². The van der Waals surface area contributed by atoms with E-state index in [9.17, 15) is 5.11 Å². The second-order valence-electron chi connectivity index (χ2n) is 3.24. The molecule has 11 heavy (non-hydrogen) atoms. The fourth-order valence-electron chi connectivity index (χ4n) is 1.52. The van der Waals surface area contributed by atoms with Crippen molar-refractivity contribution in [1.82, 2.24) is 4.90 Å². The molecule has 3 nitrogen and oxygen atoms in total. The fraction of sp³-hybridized carbons (Fsp3) is 0.875. The maximum Gasteiger partial charge on any atom is 0.0626 e. The minimum atomic E-state index is -0.258. The molecule has 0 spiro atoms. The van der Waals surface area contributed by atoms with Gasteiger partial charge in [-0.1, -0.05) is 0 Å². The van der Waals surface area contributed by atoms with Crippen molar-refractivity contribution in [2.45, 2.75) is 18.9 Å². The molecule has 2 atom stereocenters. The first-order valence-electron chi connectivity index (χ1n) is 3.97. The number of hydrogen-bond acceptors (Lipinski definition) is 3. The van der Waals surface area contributed by atoms with E-state index in [2.05, 4.69) is 11.0 Å². The number of likely N-dealkylation sites (tertiary alicyclic amines) is 1. The number of piperidine rings is 1. The van der Waals surface area contributed by atoms with E-state index >= 15 is 0 Å². The summed E-state index contributed by atoms with van der Waals surface area (Å²) in [5, 5.41) is 17.9. The van der Waals surface area contributed by atoms with Crippen LogP contribution in [0.15, 0.2) is 0 Å². The molecule has 0 saturated carbocycles. The summed E-state index contributed by atoms with van der Waals surface area (Å²) >= 11 is 0. The molecule has 0 aliphatic carbocycles. The molecule has 1 aliphatic heterocycles. The molecule has 0 radical (unpaired) electrons. The van der Waals surface area contributed by atoms with Gasteiger partial charge in [0.15, 0.2) is 0 Å². The lowest BCUT2D eigenvalue weighted by Gasteiger charge is -2.32. The van der Waals surface area contributed by atoms with Crippen LogP contribution in [-0.2, 0) is 0 Å². The molecular weight excluding hydrogens is 140 g/mol. The normalized spacial score (nSPS) is 33.2. The highest BCUT2D eigenvalue weighted by atomic mass is 16.3. The topological polar surface area (TPSA) is 47.3 Å². The Hall–Kier alpha value is -0.590. The van der Waals surface area contributed by atoms with Crippen molar-refractivity contribution in [1.29, 1.82) is 5.26 Å². The third-order valence-corrected chi connectivity index (χ3v) is 2.25. The standard InChI is InChI=1S/C8H14N2O/c1-10-5-3-8(11)7(6-10)2-4-9/h7-8,11H,2-3,5-6H2,1H3. The maximum absolute atomic E-state index is 9.44. The Morgan fingerprint density at radius 2 is 2.45 bits per heavy atom. The zero-order valence-corrected chi connectivity index (χ0v) is 6.82. The molecule has 0 amide bonds. The lowest BCUT2D eigenvalue weighted by molar-refractivity contribution is 0.0386. The predicted molar refractivity (Wildman–Crippen MR) is 41.8 cm³/mol. The zero-order valence-electron chi connectivity index (χ0n) is 6.82. The van der Waals surface area contributed by atoms with Crippen LogP contribution in [0.2, 0.25) is 0 Å². The van der Waals surface area contributed by atoms with Crippen molar-refractivity contribution in [2.75, 3.05) is 20.1 Å². The molecule has 62 valence electrons. The lowest BCUT2D eigenvalue weighted by Crippen LogP contribution is -2.40. The van der Waals surface area contributed by atoms with Crippen molar-refractivity contribution >= 4 is 0 Å². The second kappa shape index (κ2) is 3.70. The Balaban J connectivity index is 2.42. The van der Waals surface area contributed by atoms with E-state index in [1.54, 1.807) is 0 Å². The van der Waals surface area contributed by atoms with Crippen molar-refractivity contribution in [3.63, 3.8) is 0 Å². The summed E-state index contributed by atoms with van der Waals surface area (Å²) in [5.74, 6) is 0.166. The number of aliphatic hydroxyl groups excluding tert-OH is 1. The minimum absolute atomic E-state index is 0.166. The number of hydrogen-bond donors (Lipinski definition) is 1. The quantitative estimate of drug-likeness (QED) is 0.587. The largest absolute Gasteiger partial charge is 0.393 e. The van der Waals surface area contributed by atoms with Crippen molar-refractivity contribution in [3.05, 3.63) is 0 Å². The average molecular weight is 154 g/mol. The second-order valence-corrected chi connectivity index (χ2v) is 3.24. The first kappa shape index (κ1) is 8.51. The minimum Gasteiger partial charge on any atom is -0.393 e. The van der Waals surface area contributed by atoms with Gasteiger partial charge < -0.3 is 10.0 Å². The molecule has 0 aromatic rings. The third-order valence-electron chi connectivity index (χ3n) is 2.25. The Morgan fingerprint density at radius 1 is 1.73 bits per heavy atom. The predicted octanol–water partition coefficient (Wildman–Crippen LogP) is 0.213. The number of nitriles is 1. The molecule has 1 aliphatic rings. The van der Waals surface area contributed by atoms with Gasteiger partial charge in [0.2, 0.25) is 0 Å². The number of nitrogens with zero attached hydrogens (tertiary/aromatic N) is 2. The molecule has 1 saturated heterocycles. The fourth-order valence-corrected chi connectivity index (χ4v) is 1.52. The molecule has 1 N–H and O–H groups in total. The summed E-state index contributed by atoms with van der Waals surface area (Å²) in [6.45, 7) is 1.80. The van der Waals surface area contributed by atoms with Crippen LogP contribution in [-0.4, -0.2) is 36.2 Å². The van der Waals surface area contributed by atoms with Crippen molar-refractivity contribution in [2.24, 2.45) is 5.92 Å². The molecular formula is C8H14N2O. The van der Waals surface area contributed by atoms with Crippen LogP contribution >= 0.6 is 0 Å². The van der Waals surface area contributed by atoms with E-state index in [0.717, 1.165) is 19.5 Å². The van der Waals surface area contributed by atoms with Gasteiger partial charge >= 0.3 is 0 Å². The Morgan fingerprint density at radius 3 is 3.09 bits per heavy atom. The van der Waals surface area contributed by atoms with Crippen molar-refractivity contribution < 1.29 is 5.11 Å². The molecule has 1 heterocycles. The van der Waals surface area contributed by atoms with E-state index in [0.29, 0.717) is 6.42 Å². The van der Waals surface area contributed by atoms with Crippen LogP contribution in [0.25, 0.3) is 0 Å². The monoisotopic (exact) mass is 154 g/mol. The van der Waals surface area contributed by atoms with Crippen LogP contribution < -0.4 is 0 Å². The molecule has 3 heteroatoms. The molecule has 0 aromatic heterocycles. The first-order chi connectivity index (χ1) is 5.24. The summed E-state index contributed by atoms with van der Waals surface area (Å²) < 4.78 is 0. The van der Waals surface area contributed by atoms with Crippen LogP contribution in [0, 0.1) is 17.2 Å². The van der Waals surface area contributed by atoms with Gasteiger partial charge in [-0.25, -0.2) is 0 Å². The summed E-state index contributed by atoms with van der Waals surface area (Å²) in [7, 11) is 2.02. The molecule has 0 aromatic carbocycles. The van der Waals surface area contributed by atoms with Gasteiger partial charge in [0.1, 0.15) is 0 Å². The van der Waals surface area contributed by atoms with E-state index in [4.69, 9.17) is 5.26 Å². The van der Waals surface area contributed by atoms with Crippen LogP contribution in [0.5, 0.6) is 0 Å². The van der Waals surface area contributed by atoms with Gasteiger partial charge in [-0.15, -0.1) is 0 Å². The summed E-state index contributed by atoms with van der Waals surface area (Å²) in [4.78, 5) is 2.16. The van der Waals surface area contributed by atoms with E-state index in [-0.39, 0.29) is 12.0 Å². The van der Waals surface area contributed by atoms with Gasteiger partial charge in [0, 0.05) is 25.4 Å². The van der Waals surface area contributed by atoms with Gasteiger partial charge in [0.05, 0.1) is 12.2 Å².